The molecule has 0 rings (SSSR count). The van der Waals surface area contributed by atoms with Gasteiger partial charge in [-0.15, -0.1) is 0 Å². The van der Waals surface area contributed by atoms with Crippen LogP contribution >= 0.6 is 0 Å². The van der Waals surface area contributed by atoms with Crippen LogP contribution in [0.3, 0.4) is 0 Å². The fourth-order valence-electron chi connectivity index (χ4n) is 0.793. The van der Waals surface area contributed by atoms with E-state index in [1.165, 1.54) is 6.92 Å². The summed E-state index contributed by atoms with van der Waals surface area (Å²) in [6.45, 7) is 2.77. The van der Waals surface area contributed by atoms with E-state index in [9.17, 15) is 4.79 Å². The van der Waals surface area contributed by atoms with Crippen LogP contribution in [0.5, 0.6) is 0 Å². The van der Waals surface area contributed by atoms with Crippen LogP contribution in [0.2, 0.25) is 0 Å². The highest BCUT2D eigenvalue weighted by molar-refractivity contribution is 5.72. The number of hydrogen-bond acceptors (Lipinski definition) is 2. The molecule has 0 spiro atoms. The fraction of sp³-hybridized carbons (Fsp3) is 0.857. The van der Waals surface area contributed by atoms with Gasteiger partial charge in [0.15, 0.2) is 0 Å². The Kier molecular flexibility index (Phi) is 7.08. The Labute approximate surface area is 71.8 Å². The highest BCUT2D eigenvalue weighted by Gasteiger charge is 1.90. The molecular formula is C7H14N4O. The average Bonchev–Trinajstić information content (AvgIpc) is 2.02. The van der Waals surface area contributed by atoms with E-state index < -0.39 is 0 Å². The van der Waals surface area contributed by atoms with Gasteiger partial charge in [0.25, 0.3) is 0 Å². The summed E-state index contributed by atoms with van der Waals surface area (Å²) in [6.07, 6.45) is 2.82. The van der Waals surface area contributed by atoms with Crippen LogP contribution < -0.4 is 5.32 Å². The first-order valence-electron chi connectivity index (χ1n) is 4.02. The molecule has 0 unspecified atom stereocenters. The molecular weight excluding hydrogens is 156 g/mol. The minimum atomic E-state index is 0.00467. The summed E-state index contributed by atoms with van der Waals surface area (Å²) in [5.41, 5.74) is 7.94. The van der Waals surface area contributed by atoms with Gasteiger partial charge in [0.1, 0.15) is 0 Å². The topological polar surface area (TPSA) is 77.9 Å². The lowest BCUT2D eigenvalue weighted by Crippen LogP contribution is -2.20. The molecule has 0 aliphatic rings. The van der Waals surface area contributed by atoms with E-state index in [1.54, 1.807) is 0 Å². The predicted molar refractivity (Wildman–Crippen MR) is 46.5 cm³/mol. The molecule has 0 fully saturated rings. The van der Waals surface area contributed by atoms with Crippen molar-refractivity contribution in [3.8, 4) is 0 Å². The van der Waals surface area contributed by atoms with Crippen molar-refractivity contribution >= 4 is 5.91 Å². The maximum Gasteiger partial charge on any atom is 0.216 e. The van der Waals surface area contributed by atoms with E-state index >= 15 is 0 Å². The van der Waals surface area contributed by atoms with Crippen LogP contribution in [0.4, 0.5) is 0 Å². The smallest absolute Gasteiger partial charge is 0.216 e. The molecule has 5 nitrogen and oxygen atoms in total. The molecule has 0 heterocycles. The fourth-order valence-corrected chi connectivity index (χ4v) is 0.793. The van der Waals surface area contributed by atoms with Crippen molar-refractivity contribution in [3.63, 3.8) is 0 Å². The molecule has 12 heavy (non-hydrogen) atoms. The zero-order valence-corrected chi connectivity index (χ0v) is 7.29. The molecule has 1 amide bonds. The second-order valence-electron chi connectivity index (χ2n) is 2.50. The first-order valence-corrected chi connectivity index (χ1v) is 4.02. The second-order valence-corrected chi connectivity index (χ2v) is 2.50. The second kappa shape index (κ2) is 7.88. The van der Waals surface area contributed by atoms with Crippen LogP contribution in [-0.2, 0) is 4.79 Å². The van der Waals surface area contributed by atoms with Crippen molar-refractivity contribution < 1.29 is 4.79 Å². The van der Waals surface area contributed by atoms with Gasteiger partial charge in [-0.05, 0) is 18.4 Å². The number of azide groups is 1. The molecule has 0 aromatic heterocycles. The quantitative estimate of drug-likeness (QED) is 0.279. The zero-order chi connectivity index (χ0) is 9.23. The highest BCUT2D eigenvalue weighted by Crippen LogP contribution is 1.94. The summed E-state index contributed by atoms with van der Waals surface area (Å²) in [5.74, 6) is 0.00467. The average molecular weight is 170 g/mol. The van der Waals surface area contributed by atoms with Crippen LogP contribution in [0.25, 0.3) is 10.4 Å². The van der Waals surface area contributed by atoms with E-state index in [0.717, 1.165) is 19.3 Å². The van der Waals surface area contributed by atoms with Gasteiger partial charge in [0.05, 0.1) is 0 Å². The minimum absolute atomic E-state index is 0.00467. The third kappa shape index (κ3) is 8.78. The molecule has 0 aliphatic carbocycles. The molecule has 0 bridgehead atoms. The Bertz CT molecular complexity index is 168. The summed E-state index contributed by atoms with van der Waals surface area (Å²) in [4.78, 5) is 13.0. The maximum absolute atomic E-state index is 10.4. The Morgan fingerprint density at radius 1 is 1.50 bits per heavy atom. The van der Waals surface area contributed by atoms with Crippen molar-refractivity contribution in [2.75, 3.05) is 13.1 Å². The summed E-state index contributed by atoms with van der Waals surface area (Å²) < 4.78 is 0. The standard InChI is InChI=1S/C7H14N4O/c1-7(12)9-5-3-2-4-6-10-11-8/h2-6H2,1H3,(H,9,12). The lowest BCUT2D eigenvalue weighted by atomic mass is 10.2. The number of amides is 1. The largest absolute Gasteiger partial charge is 0.356 e. The van der Waals surface area contributed by atoms with Crippen molar-refractivity contribution in [2.45, 2.75) is 26.2 Å². The van der Waals surface area contributed by atoms with E-state index in [2.05, 4.69) is 15.3 Å². The molecule has 1 N–H and O–H groups in total. The van der Waals surface area contributed by atoms with Gasteiger partial charge in [-0.1, -0.05) is 11.5 Å². The zero-order valence-electron chi connectivity index (χ0n) is 7.29. The molecule has 0 aromatic rings. The molecule has 0 atom stereocenters. The Morgan fingerprint density at radius 2 is 2.25 bits per heavy atom. The molecule has 0 saturated heterocycles. The summed E-state index contributed by atoms with van der Waals surface area (Å²) in [5, 5.41) is 6.09. The third-order valence-electron chi connectivity index (χ3n) is 1.37. The van der Waals surface area contributed by atoms with Crippen molar-refractivity contribution in [2.24, 2.45) is 5.11 Å². The van der Waals surface area contributed by atoms with Crippen molar-refractivity contribution in [1.29, 1.82) is 0 Å². The monoisotopic (exact) mass is 170 g/mol. The summed E-state index contributed by atoms with van der Waals surface area (Å²) in [7, 11) is 0. The number of hydrogen-bond donors (Lipinski definition) is 1. The number of nitrogens with zero attached hydrogens (tertiary/aromatic N) is 3. The molecule has 0 aromatic carbocycles. The van der Waals surface area contributed by atoms with E-state index in [1.807, 2.05) is 0 Å². The SMILES string of the molecule is CC(=O)NCCCCCN=[N+]=[N-]. The summed E-state index contributed by atoms with van der Waals surface area (Å²) in [6, 6.07) is 0. The highest BCUT2D eigenvalue weighted by atomic mass is 16.1. The molecule has 5 heteroatoms. The molecule has 0 aliphatic heterocycles. The minimum Gasteiger partial charge on any atom is -0.356 e. The van der Waals surface area contributed by atoms with E-state index in [0.29, 0.717) is 13.1 Å². The third-order valence-corrected chi connectivity index (χ3v) is 1.37. The molecule has 0 saturated carbocycles. The normalized spacial score (nSPS) is 8.75. The van der Waals surface area contributed by atoms with Crippen molar-refractivity contribution in [1.82, 2.24) is 5.32 Å². The van der Waals surface area contributed by atoms with Gasteiger partial charge in [0.2, 0.25) is 5.91 Å². The first-order chi connectivity index (χ1) is 5.77. The number of unbranched alkanes of at least 4 members (excludes halogenated alkanes) is 2. The lowest BCUT2D eigenvalue weighted by molar-refractivity contribution is -0.118. The van der Waals surface area contributed by atoms with Gasteiger partial charge in [0, 0.05) is 24.9 Å². The predicted octanol–water partition coefficient (Wildman–Crippen LogP) is 1.60. The van der Waals surface area contributed by atoms with Gasteiger partial charge >= 0.3 is 0 Å². The van der Waals surface area contributed by atoms with Crippen molar-refractivity contribution in [3.05, 3.63) is 10.4 Å². The van der Waals surface area contributed by atoms with Gasteiger partial charge in [-0.3, -0.25) is 4.79 Å². The Hall–Kier alpha value is -1.22. The number of nitrogens with one attached hydrogen (secondary N) is 1. The van der Waals surface area contributed by atoms with Gasteiger partial charge < -0.3 is 5.32 Å². The van der Waals surface area contributed by atoms with E-state index in [-0.39, 0.29) is 5.91 Å². The molecule has 0 radical (unpaired) electrons. The lowest BCUT2D eigenvalue weighted by Gasteiger charge is -1.99. The maximum atomic E-state index is 10.4. The van der Waals surface area contributed by atoms with Gasteiger partial charge in [-0.2, -0.15) is 0 Å². The van der Waals surface area contributed by atoms with E-state index in [4.69, 9.17) is 5.53 Å². The number of carbonyl (C=O) groups is 1. The van der Waals surface area contributed by atoms with Crippen LogP contribution in [0.15, 0.2) is 5.11 Å². The Morgan fingerprint density at radius 3 is 2.83 bits per heavy atom. The van der Waals surface area contributed by atoms with Crippen LogP contribution in [-0.4, -0.2) is 19.0 Å². The Balaban J connectivity index is 3.00. The number of rotatable bonds is 6. The molecule has 68 valence electrons. The summed E-state index contributed by atoms with van der Waals surface area (Å²) >= 11 is 0. The van der Waals surface area contributed by atoms with Gasteiger partial charge in [-0.25, -0.2) is 0 Å². The first kappa shape index (κ1) is 10.8. The van der Waals surface area contributed by atoms with Crippen LogP contribution in [0.1, 0.15) is 26.2 Å². The van der Waals surface area contributed by atoms with Crippen LogP contribution in [0, 0.1) is 0 Å². The number of carbonyl (C=O) groups excluding carboxylic acids is 1.